The van der Waals surface area contributed by atoms with E-state index in [0.29, 0.717) is 12.3 Å². The maximum atomic E-state index is 12.7. The summed E-state index contributed by atoms with van der Waals surface area (Å²) in [5.74, 6) is 1.32. The van der Waals surface area contributed by atoms with Crippen LogP contribution in [0.25, 0.3) is 0 Å². The Bertz CT molecular complexity index is 699. The summed E-state index contributed by atoms with van der Waals surface area (Å²) in [4.78, 5) is 14.6. The highest BCUT2D eigenvalue weighted by Crippen LogP contribution is 2.30. The lowest BCUT2D eigenvalue weighted by molar-refractivity contribution is 0.166. The lowest BCUT2D eigenvalue weighted by Crippen LogP contribution is -2.41. The Morgan fingerprint density at radius 1 is 1.36 bits per heavy atom. The standard InChI is InChI=1S/C19H24N2O4/c1-24-18-12-14(8-9-16(18)22)13-20-19(23)21-10-4-2-3-6-15(21)17-7-5-11-25-17/h5,7-9,11-12,15,22H,2-4,6,10,13H2,1H3,(H,20,23)/t15-/m0/s1. The molecule has 6 nitrogen and oxygen atoms in total. The average Bonchev–Trinajstić information content (AvgIpc) is 3.05. The number of nitrogens with one attached hydrogen (secondary N) is 1. The molecule has 1 atom stereocenters. The number of carbonyl (C=O) groups is 1. The fourth-order valence-electron chi connectivity index (χ4n) is 3.24. The molecule has 25 heavy (non-hydrogen) atoms. The maximum Gasteiger partial charge on any atom is 0.318 e. The molecule has 6 heteroatoms. The van der Waals surface area contributed by atoms with Crippen molar-refractivity contribution in [2.24, 2.45) is 0 Å². The molecule has 134 valence electrons. The summed E-state index contributed by atoms with van der Waals surface area (Å²) in [6, 6.07) is 8.73. The van der Waals surface area contributed by atoms with Crippen LogP contribution in [-0.4, -0.2) is 29.7 Å². The first kappa shape index (κ1) is 17.2. The molecule has 2 amide bonds. The van der Waals surface area contributed by atoms with Gasteiger partial charge in [-0.1, -0.05) is 18.9 Å². The second-order valence-electron chi connectivity index (χ2n) is 6.24. The van der Waals surface area contributed by atoms with E-state index in [1.807, 2.05) is 17.0 Å². The second kappa shape index (κ2) is 7.96. The molecule has 0 radical (unpaired) electrons. The zero-order valence-corrected chi connectivity index (χ0v) is 14.4. The monoisotopic (exact) mass is 344 g/mol. The number of likely N-dealkylation sites (tertiary alicyclic amines) is 1. The topological polar surface area (TPSA) is 74.9 Å². The minimum atomic E-state index is -0.102. The van der Waals surface area contributed by atoms with E-state index < -0.39 is 0 Å². The van der Waals surface area contributed by atoms with Gasteiger partial charge in [0.2, 0.25) is 0 Å². The van der Waals surface area contributed by atoms with E-state index in [-0.39, 0.29) is 17.8 Å². The van der Waals surface area contributed by atoms with Crippen molar-refractivity contribution in [2.75, 3.05) is 13.7 Å². The van der Waals surface area contributed by atoms with Gasteiger partial charge in [0.25, 0.3) is 0 Å². The van der Waals surface area contributed by atoms with E-state index in [1.165, 1.54) is 7.11 Å². The highest BCUT2D eigenvalue weighted by Gasteiger charge is 2.28. The third-order valence-corrected chi connectivity index (χ3v) is 4.57. The van der Waals surface area contributed by atoms with Crippen molar-refractivity contribution in [3.05, 3.63) is 47.9 Å². The fraction of sp³-hybridized carbons (Fsp3) is 0.421. The number of carbonyl (C=O) groups excluding carboxylic acids is 1. The van der Waals surface area contributed by atoms with Crippen LogP contribution in [0.3, 0.4) is 0 Å². The number of urea groups is 1. The van der Waals surface area contributed by atoms with Gasteiger partial charge in [0.1, 0.15) is 5.76 Å². The average molecular weight is 344 g/mol. The number of rotatable bonds is 4. The van der Waals surface area contributed by atoms with E-state index >= 15 is 0 Å². The molecule has 0 unspecified atom stereocenters. The maximum absolute atomic E-state index is 12.7. The summed E-state index contributed by atoms with van der Waals surface area (Å²) in [5, 5.41) is 12.6. The summed E-state index contributed by atoms with van der Waals surface area (Å²) < 4.78 is 10.7. The number of hydrogen-bond acceptors (Lipinski definition) is 4. The normalized spacial score (nSPS) is 17.8. The molecular formula is C19H24N2O4. The van der Waals surface area contributed by atoms with Gasteiger partial charge >= 0.3 is 6.03 Å². The number of nitrogens with zero attached hydrogens (tertiary/aromatic N) is 1. The number of methoxy groups -OCH3 is 1. The second-order valence-corrected chi connectivity index (χ2v) is 6.24. The van der Waals surface area contributed by atoms with Gasteiger partial charge in [-0.05, 0) is 42.7 Å². The SMILES string of the molecule is COc1cc(CNC(=O)N2CCCCC[C@H]2c2ccco2)ccc1O. The summed E-state index contributed by atoms with van der Waals surface area (Å²) in [6.07, 6.45) is 5.77. The van der Waals surface area contributed by atoms with Gasteiger partial charge < -0.3 is 24.5 Å². The highest BCUT2D eigenvalue weighted by atomic mass is 16.5. The van der Waals surface area contributed by atoms with Crippen molar-refractivity contribution in [1.29, 1.82) is 0 Å². The first-order valence-electron chi connectivity index (χ1n) is 8.63. The third kappa shape index (κ3) is 4.07. The molecule has 1 saturated heterocycles. The zero-order chi connectivity index (χ0) is 17.6. The number of benzene rings is 1. The Kier molecular flexibility index (Phi) is 5.48. The molecule has 1 aliphatic heterocycles. The van der Waals surface area contributed by atoms with E-state index in [0.717, 1.165) is 43.6 Å². The molecule has 0 bridgehead atoms. The highest BCUT2D eigenvalue weighted by molar-refractivity contribution is 5.74. The van der Waals surface area contributed by atoms with Crippen LogP contribution in [0.2, 0.25) is 0 Å². The molecule has 1 aromatic heterocycles. The number of ether oxygens (including phenoxy) is 1. The number of aromatic hydroxyl groups is 1. The molecule has 2 heterocycles. The van der Waals surface area contributed by atoms with Crippen molar-refractivity contribution < 1.29 is 19.1 Å². The number of phenolic OH excluding ortho intramolecular Hbond substituents is 1. The number of furan rings is 1. The van der Waals surface area contributed by atoms with Crippen LogP contribution in [0, 0.1) is 0 Å². The van der Waals surface area contributed by atoms with Gasteiger partial charge in [-0.2, -0.15) is 0 Å². The van der Waals surface area contributed by atoms with E-state index in [4.69, 9.17) is 9.15 Å². The predicted octanol–water partition coefficient (Wildman–Crippen LogP) is 3.82. The van der Waals surface area contributed by atoms with Crippen LogP contribution in [0.1, 0.15) is 43.0 Å². The van der Waals surface area contributed by atoms with Crippen molar-refractivity contribution in [1.82, 2.24) is 10.2 Å². The summed E-state index contributed by atoms with van der Waals surface area (Å²) >= 11 is 0. The summed E-state index contributed by atoms with van der Waals surface area (Å²) in [6.45, 7) is 1.09. The number of amides is 2. The zero-order valence-electron chi connectivity index (χ0n) is 14.4. The van der Waals surface area contributed by atoms with E-state index in [9.17, 15) is 9.90 Å². The fourth-order valence-corrected chi connectivity index (χ4v) is 3.24. The van der Waals surface area contributed by atoms with Crippen LogP contribution in [-0.2, 0) is 6.54 Å². The largest absolute Gasteiger partial charge is 0.504 e. The lowest BCUT2D eigenvalue weighted by atomic mass is 10.1. The van der Waals surface area contributed by atoms with Crippen molar-refractivity contribution in [3.63, 3.8) is 0 Å². The summed E-state index contributed by atoms with van der Waals surface area (Å²) in [5.41, 5.74) is 0.868. The predicted molar refractivity (Wildman–Crippen MR) is 93.5 cm³/mol. The quantitative estimate of drug-likeness (QED) is 0.884. The summed E-state index contributed by atoms with van der Waals surface area (Å²) in [7, 11) is 1.50. The lowest BCUT2D eigenvalue weighted by Gasteiger charge is -2.28. The van der Waals surface area contributed by atoms with E-state index in [1.54, 1.807) is 24.5 Å². The van der Waals surface area contributed by atoms with Gasteiger partial charge in [0, 0.05) is 13.1 Å². The van der Waals surface area contributed by atoms with Crippen molar-refractivity contribution in [2.45, 2.75) is 38.3 Å². The molecule has 0 aliphatic carbocycles. The number of hydrogen-bond donors (Lipinski definition) is 2. The third-order valence-electron chi connectivity index (χ3n) is 4.57. The van der Waals surface area contributed by atoms with Gasteiger partial charge in [-0.3, -0.25) is 0 Å². The van der Waals surface area contributed by atoms with Crippen LogP contribution in [0.5, 0.6) is 11.5 Å². The molecular weight excluding hydrogens is 320 g/mol. The molecule has 0 spiro atoms. The van der Waals surface area contributed by atoms with Crippen LogP contribution in [0.4, 0.5) is 4.79 Å². The van der Waals surface area contributed by atoms with Crippen LogP contribution >= 0.6 is 0 Å². The molecule has 3 rings (SSSR count). The molecule has 2 N–H and O–H groups in total. The van der Waals surface area contributed by atoms with Crippen LogP contribution < -0.4 is 10.1 Å². The van der Waals surface area contributed by atoms with E-state index in [2.05, 4.69) is 5.32 Å². The molecule has 1 aromatic carbocycles. The van der Waals surface area contributed by atoms with Crippen molar-refractivity contribution >= 4 is 6.03 Å². The molecule has 2 aromatic rings. The first-order chi connectivity index (χ1) is 12.2. The Hall–Kier alpha value is -2.63. The Balaban J connectivity index is 1.68. The Morgan fingerprint density at radius 2 is 2.24 bits per heavy atom. The van der Waals surface area contributed by atoms with Gasteiger partial charge in [-0.15, -0.1) is 0 Å². The van der Waals surface area contributed by atoms with Gasteiger partial charge in [-0.25, -0.2) is 4.79 Å². The molecule has 1 aliphatic rings. The van der Waals surface area contributed by atoms with Gasteiger partial charge in [0.05, 0.1) is 19.4 Å². The van der Waals surface area contributed by atoms with Crippen molar-refractivity contribution in [3.8, 4) is 11.5 Å². The number of phenols is 1. The van der Waals surface area contributed by atoms with Gasteiger partial charge in [0.15, 0.2) is 11.5 Å². The smallest absolute Gasteiger partial charge is 0.318 e. The first-order valence-corrected chi connectivity index (χ1v) is 8.63. The minimum Gasteiger partial charge on any atom is -0.504 e. The minimum absolute atomic E-state index is 0.0214. The Morgan fingerprint density at radius 3 is 3.00 bits per heavy atom. The molecule has 1 fully saturated rings. The molecule has 0 saturated carbocycles. The Labute approximate surface area is 147 Å². The van der Waals surface area contributed by atoms with Crippen LogP contribution in [0.15, 0.2) is 41.0 Å².